The summed E-state index contributed by atoms with van der Waals surface area (Å²) in [5, 5.41) is 2.85. The number of hydrogen-bond acceptors (Lipinski definition) is 4. The first-order chi connectivity index (χ1) is 9.69. The zero-order chi connectivity index (χ0) is 14.1. The fourth-order valence-electron chi connectivity index (χ4n) is 3.14. The number of nitrogens with one attached hydrogen (secondary N) is 2. The van der Waals surface area contributed by atoms with Crippen LogP contribution in [0.2, 0.25) is 0 Å². The van der Waals surface area contributed by atoms with E-state index in [1.54, 1.807) is 6.07 Å². The highest BCUT2D eigenvalue weighted by Gasteiger charge is 2.40. The minimum atomic E-state index is -0.539. The lowest BCUT2D eigenvalue weighted by Gasteiger charge is -2.19. The Kier molecular flexibility index (Phi) is 3.58. The monoisotopic (exact) mass is 279 g/mol. The summed E-state index contributed by atoms with van der Waals surface area (Å²) in [5.41, 5.74) is 2.48. The lowest BCUT2D eigenvalue weighted by Crippen LogP contribution is -2.34. The van der Waals surface area contributed by atoms with E-state index in [2.05, 4.69) is 10.7 Å². The molecule has 0 aromatic heterocycles. The Bertz CT molecular complexity index is 523. The van der Waals surface area contributed by atoms with E-state index in [9.17, 15) is 9.18 Å². The van der Waals surface area contributed by atoms with Crippen molar-refractivity contribution in [3.05, 3.63) is 29.6 Å². The zero-order valence-electron chi connectivity index (χ0n) is 11.1. The van der Waals surface area contributed by atoms with Gasteiger partial charge in [0.2, 0.25) is 0 Å². The number of carbonyl (C=O) groups is 1. The van der Waals surface area contributed by atoms with Crippen molar-refractivity contribution in [1.29, 1.82) is 0 Å². The molecule has 1 aromatic rings. The summed E-state index contributed by atoms with van der Waals surface area (Å²) < 4.78 is 19.3. The van der Waals surface area contributed by atoms with Crippen LogP contribution in [0.5, 0.6) is 0 Å². The molecular weight excluding hydrogens is 261 g/mol. The van der Waals surface area contributed by atoms with Crippen molar-refractivity contribution in [3.8, 4) is 0 Å². The Morgan fingerprint density at radius 3 is 2.95 bits per heavy atom. The minimum absolute atomic E-state index is 0.0224. The summed E-state index contributed by atoms with van der Waals surface area (Å²) in [6.07, 6.45) is 3.81. The number of nitrogen functional groups attached to an aromatic ring is 1. The number of halogens is 1. The van der Waals surface area contributed by atoms with Gasteiger partial charge in [0, 0.05) is 12.5 Å². The van der Waals surface area contributed by atoms with E-state index in [0.717, 1.165) is 19.3 Å². The SMILES string of the molecule is NNc1c(F)cccc1C(=O)NCC1CC2CCC1O2. The third-order valence-electron chi connectivity index (χ3n) is 4.16. The van der Waals surface area contributed by atoms with Gasteiger partial charge in [-0.3, -0.25) is 10.6 Å². The maximum absolute atomic E-state index is 13.5. The third-order valence-corrected chi connectivity index (χ3v) is 4.16. The number of hydrogen-bond donors (Lipinski definition) is 3. The smallest absolute Gasteiger partial charge is 0.253 e. The van der Waals surface area contributed by atoms with Crippen molar-refractivity contribution in [2.24, 2.45) is 11.8 Å². The molecule has 2 saturated heterocycles. The molecule has 6 heteroatoms. The van der Waals surface area contributed by atoms with Crippen molar-refractivity contribution in [3.63, 3.8) is 0 Å². The molecule has 108 valence electrons. The first kappa shape index (κ1) is 13.3. The molecule has 0 radical (unpaired) electrons. The van der Waals surface area contributed by atoms with Crippen molar-refractivity contribution in [2.75, 3.05) is 12.0 Å². The summed E-state index contributed by atoms with van der Waals surface area (Å²) in [7, 11) is 0. The van der Waals surface area contributed by atoms with Gasteiger partial charge in [-0.2, -0.15) is 0 Å². The molecule has 3 unspecified atom stereocenters. The summed E-state index contributed by atoms with van der Waals surface area (Å²) in [6.45, 7) is 0.556. The molecular formula is C14H18FN3O2. The van der Waals surface area contributed by atoms with Crippen molar-refractivity contribution < 1.29 is 13.9 Å². The van der Waals surface area contributed by atoms with Gasteiger partial charge < -0.3 is 15.5 Å². The van der Waals surface area contributed by atoms with Crippen LogP contribution in [-0.4, -0.2) is 24.7 Å². The van der Waals surface area contributed by atoms with Gasteiger partial charge in [0.1, 0.15) is 5.82 Å². The Morgan fingerprint density at radius 1 is 1.45 bits per heavy atom. The van der Waals surface area contributed by atoms with Gasteiger partial charge in [-0.05, 0) is 31.4 Å². The largest absolute Gasteiger partial charge is 0.375 e. The van der Waals surface area contributed by atoms with E-state index in [0.29, 0.717) is 18.6 Å². The van der Waals surface area contributed by atoms with E-state index >= 15 is 0 Å². The van der Waals surface area contributed by atoms with Crippen LogP contribution in [0.3, 0.4) is 0 Å². The number of fused-ring (bicyclic) bond motifs is 2. The molecule has 5 nitrogen and oxygen atoms in total. The molecule has 2 heterocycles. The van der Waals surface area contributed by atoms with E-state index < -0.39 is 5.82 Å². The van der Waals surface area contributed by atoms with E-state index in [1.807, 2.05) is 0 Å². The van der Waals surface area contributed by atoms with Gasteiger partial charge in [-0.15, -0.1) is 0 Å². The number of amides is 1. The average Bonchev–Trinajstić information content (AvgIpc) is 3.07. The lowest BCUT2D eigenvalue weighted by atomic mass is 9.89. The average molecular weight is 279 g/mol. The Balaban J connectivity index is 1.63. The summed E-state index contributed by atoms with van der Waals surface area (Å²) in [6, 6.07) is 4.30. The number of nitrogens with two attached hydrogens (primary N) is 1. The number of para-hydroxylation sites is 1. The molecule has 0 saturated carbocycles. The van der Waals surface area contributed by atoms with Crippen LogP contribution in [0.25, 0.3) is 0 Å². The molecule has 20 heavy (non-hydrogen) atoms. The first-order valence-electron chi connectivity index (χ1n) is 6.88. The maximum Gasteiger partial charge on any atom is 0.253 e. The second kappa shape index (κ2) is 5.38. The van der Waals surface area contributed by atoms with Crippen molar-refractivity contribution >= 4 is 11.6 Å². The molecule has 1 aromatic carbocycles. The standard InChI is InChI=1S/C14H18FN3O2/c15-11-3-1-2-10(13(11)18-16)14(19)17-7-8-6-9-4-5-12(8)20-9/h1-3,8-9,12,18H,4-7,16H2,(H,17,19). The predicted molar refractivity (Wildman–Crippen MR) is 72.5 cm³/mol. The lowest BCUT2D eigenvalue weighted by molar-refractivity contribution is 0.0873. The van der Waals surface area contributed by atoms with Crippen LogP contribution in [0.15, 0.2) is 18.2 Å². The molecule has 2 bridgehead atoms. The van der Waals surface area contributed by atoms with Crippen LogP contribution >= 0.6 is 0 Å². The van der Waals surface area contributed by atoms with Crippen molar-refractivity contribution in [2.45, 2.75) is 31.5 Å². The van der Waals surface area contributed by atoms with Gasteiger partial charge in [0.05, 0.1) is 23.5 Å². The van der Waals surface area contributed by atoms with Gasteiger partial charge in [0.25, 0.3) is 5.91 Å². The molecule has 3 rings (SSSR count). The number of ether oxygens (including phenoxy) is 1. The minimum Gasteiger partial charge on any atom is -0.375 e. The fraction of sp³-hybridized carbons (Fsp3) is 0.500. The fourth-order valence-corrected chi connectivity index (χ4v) is 3.14. The van der Waals surface area contributed by atoms with Crippen LogP contribution in [0.1, 0.15) is 29.6 Å². The summed E-state index contributed by atoms with van der Waals surface area (Å²) in [5.74, 6) is 4.77. The van der Waals surface area contributed by atoms with Gasteiger partial charge in [0.15, 0.2) is 0 Å². The van der Waals surface area contributed by atoms with Gasteiger partial charge >= 0.3 is 0 Å². The summed E-state index contributed by atoms with van der Waals surface area (Å²) >= 11 is 0. The molecule has 0 aliphatic carbocycles. The van der Waals surface area contributed by atoms with E-state index in [1.165, 1.54) is 12.1 Å². The highest BCUT2D eigenvalue weighted by atomic mass is 19.1. The third kappa shape index (κ3) is 2.36. The van der Waals surface area contributed by atoms with Crippen LogP contribution in [-0.2, 0) is 4.74 Å². The molecule has 3 atom stereocenters. The number of carbonyl (C=O) groups excluding carboxylic acids is 1. The normalized spacial score (nSPS) is 27.6. The van der Waals surface area contributed by atoms with E-state index in [-0.39, 0.29) is 23.3 Å². The van der Waals surface area contributed by atoms with E-state index in [4.69, 9.17) is 10.6 Å². The highest BCUT2D eigenvalue weighted by molar-refractivity contribution is 5.99. The second-order valence-electron chi connectivity index (χ2n) is 5.39. The molecule has 0 spiro atoms. The topological polar surface area (TPSA) is 76.4 Å². The maximum atomic E-state index is 13.5. The molecule has 4 N–H and O–H groups in total. The number of anilines is 1. The van der Waals surface area contributed by atoms with Gasteiger partial charge in [-0.25, -0.2) is 4.39 Å². The predicted octanol–water partition coefficient (Wildman–Crippen LogP) is 1.41. The second-order valence-corrected chi connectivity index (χ2v) is 5.39. The quantitative estimate of drug-likeness (QED) is 0.575. The number of hydrazine groups is 1. The summed E-state index contributed by atoms with van der Waals surface area (Å²) in [4.78, 5) is 12.1. The number of rotatable bonds is 4. The molecule has 2 aliphatic heterocycles. The number of benzene rings is 1. The first-order valence-corrected chi connectivity index (χ1v) is 6.88. The van der Waals surface area contributed by atoms with Crippen molar-refractivity contribution in [1.82, 2.24) is 5.32 Å². The Hall–Kier alpha value is -1.66. The Morgan fingerprint density at radius 2 is 2.30 bits per heavy atom. The zero-order valence-corrected chi connectivity index (χ0v) is 11.1. The Labute approximate surface area is 116 Å². The van der Waals surface area contributed by atoms with Crippen LogP contribution < -0.4 is 16.6 Å². The molecule has 2 aliphatic rings. The highest BCUT2D eigenvalue weighted by Crippen LogP contribution is 2.38. The van der Waals surface area contributed by atoms with Crippen LogP contribution in [0, 0.1) is 11.7 Å². The van der Waals surface area contributed by atoms with Gasteiger partial charge in [-0.1, -0.05) is 6.07 Å². The molecule has 2 fully saturated rings. The van der Waals surface area contributed by atoms with Crippen LogP contribution in [0.4, 0.5) is 10.1 Å². The molecule has 1 amide bonds.